The highest BCUT2D eigenvalue weighted by atomic mass is 19.4. The number of benzene rings is 3. The second-order valence-electron chi connectivity index (χ2n) is 12.1. The number of nitrogens with zero attached hydrogens (tertiary/aromatic N) is 1. The Morgan fingerprint density at radius 1 is 0.894 bits per heavy atom. The van der Waals surface area contributed by atoms with Gasteiger partial charge in [0.2, 0.25) is 11.8 Å². The molecule has 6 rings (SSSR count). The number of carbonyl (C=O) groups is 2. The number of aromatic hydroxyl groups is 1. The van der Waals surface area contributed by atoms with E-state index in [9.17, 15) is 41.0 Å². The third kappa shape index (κ3) is 6.33. The number of allylic oxidation sites excluding steroid dienone is 2. The van der Waals surface area contributed by atoms with Crippen LogP contribution in [0.2, 0.25) is 0 Å². The number of hydrogen-bond donors (Lipinski definition) is 1. The van der Waals surface area contributed by atoms with Crippen LogP contribution in [0.5, 0.6) is 5.75 Å². The fourth-order valence-electron chi connectivity index (χ4n) is 7.19. The van der Waals surface area contributed by atoms with Crippen molar-refractivity contribution in [1.82, 2.24) is 0 Å². The van der Waals surface area contributed by atoms with Gasteiger partial charge in [0.1, 0.15) is 5.75 Å². The maximum Gasteiger partial charge on any atom is 0.416 e. The van der Waals surface area contributed by atoms with Gasteiger partial charge in [0.15, 0.2) is 0 Å². The van der Waals surface area contributed by atoms with Gasteiger partial charge in [-0.3, -0.25) is 9.59 Å². The third-order valence-corrected chi connectivity index (χ3v) is 9.30. The Balaban J connectivity index is 1.29. The molecule has 0 spiro atoms. The summed E-state index contributed by atoms with van der Waals surface area (Å²) in [6.45, 7) is 2.01. The molecule has 0 saturated carbocycles. The molecule has 47 heavy (non-hydrogen) atoms. The Morgan fingerprint density at radius 3 is 2.19 bits per heavy atom. The second kappa shape index (κ2) is 12.3. The smallest absolute Gasteiger partial charge is 0.416 e. The highest BCUT2D eigenvalue weighted by molar-refractivity contribution is 6.22. The lowest BCUT2D eigenvalue weighted by Gasteiger charge is -2.31. The van der Waals surface area contributed by atoms with E-state index in [4.69, 9.17) is 4.74 Å². The highest BCUT2D eigenvalue weighted by Crippen LogP contribution is 2.52. The molecule has 2 amide bonds. The van der Waals surface area contributed by atoms with Crippen LogP contribution < -0.4 is 4.90 Å². The molecule has 0 radical (unpaired) electrons. The van der Waals surface area contributed by atoms with Gasteiger partial charge in [0.25, 0.3) is 0 Å². The normalized spacial score (nSPS) is 23.4. The Hall–Kier alpha value is -4.38. The maximum absolute atomic E-state index is 13.8. The lowest BCUT2D eigenvalue weighted by molar-refractivity contribution is -0.143. The van der Waals surface area contributed by atoms with Crippen molar-refractivity contribution in [3.63, 3.8) is 0 Å². The van der Waals surface area contributed by atoms with E-state index in [2.05, 4.69) is 0 Å². The zero-order valence-corrected chi connectivity index (χ0v) is 25.2. The van der Waals surface area contributed by atoms with Gasteiger partial charge in [0.05, 0.1) is 41.4 Å². The summed E-state index contributed by atoms with van der Waals surface area (Å²) in [5.41, 5.74) is 0.648. The van der Waals surface area contributed by atoms with Gasteiger partial charge in [-0.15, -0.1) is 0 Å². The molecule has 3 aliphatic rings. The molecule has 0 bridgehead atoms. The summed E-state index contributed by atoms with van der Waals surface area (Å²) in [6.07, 6.45) is -6.86. The van der Waals surface area contributed by atoms with Gasteiger partial charge >= 0.3 is 12.4 Å². The van der Waals surface area contributed by atoms with Crippen molar-refractivity contribution in [3.05, 3.63) is 106 Å². The number of ether oxygens (including phenoxy) is 1. The number of amides is 2. The minimum Gasteiger partial charge on any atom is -0.508 e. The molecule has 2 fully saturated rings. The average Bonchev–Trinajstić information content (AvgIpc) is 3.56. The fourth-order valence-corrected chi connectivity index (χ4v) is 7.19. The van der Waals surface area contributed by atoms with Crippen molar-refractivity contribution < 1.29 is 45.8 Å². The van der Waals surface area contributed by atoms with E-state index < -0.39 is 64.8 Å². The number of phenols is 1. The zero-order chi connectivity index (χ0) is 33.7. The molecule has 5 nitrogen and oxygen atoms in total. The number of halogens is 6. The standard InChI is InChI=1S/C36H31F6NO4/c1-2-21-15-28-32(34(46)43(33(28)45)26-17-24(35(37,38)39)16-25(18-26)36(40,41)42)29-19-47-30(31(21)29)12-11-23(22-8-4-3-5-9-22)13-20-7-6-10-27(44)14-20/h3-10,13-14,16-18,28-30,32,44H,2,11-12,15,19H2,1H3/b23-13-/t28-,29+,30-,32-/m1/s1. The predicted octanol–water partition coefficient (Wildman–Crippen LogP) is 8.68. The Labute approximate surface area is 267 Å². The summed E-state index contributed by atoms with van der Waals surface area (Å²) in [5.74, 6) is -3.89. The van der Waals surface area contributed by atoms with Crippen LogP contribution in [0.15, 0.2) is 83.9 Å². The van der Waals surface area contributed by atoms with Gasteiger partial charge in [-0.1, -0.05) is 61.0 Å². The molecule has 0 aromatic heterocycles. The number of hydrogen-bond acceptors (Lipinski definition) is 4. The zero-order valence-electron chi connectivity index (χ0n) is 25.2. The molecular weight excluding hydrogens is 624 g/mol. The topological polar surface area (TPSA) is 66.8 Å². The molecule has 1 aliphatic carbocycles. The molecule has 4 atom stereocenters. The van der Waals surface area contributed by atoms with E-state index in [1.807, 2.05) is 49.4 Å². The van der Waals surface area contributed by atoms with Gasteiger partial charge < -0.3 is 9.84 Å². The molecule has 11 heteroatoms. The van der Waals surface area contributed by atoms with E-state index in [1.54, 1.807) is 18.2 Å². The number of anilines is 1. The minimum atomic E-state index is -5.13. The molecule has 0 unspecified atom stereocenters. The van der Waals surface area contributed by atoms with Crippen LogP contribution in [0.1, 0.15) is 54.9 Å². The summed E-state index contributed by atoms with van der Waals surface area (Å²) < 4.78 is 87.9. The van der Waals surface area contributed by atoms with Crippen LogP contribution in [-0.2, 0) is 26.7 Å². The van der Waals surface area contributed by atoms with E-state index in [0.717, 1.165) is 27.8 Å². The molecule has 2 aliphatic heterocycles. The summed E-state index contributed by atoms with van der Waals surface area (Å²) in [4.78, 5) is 28.0. The predicted molar refractivity (Wildman–Crippen MR) is 163 cm³/mol. The van der Waals surface area contributed by atoms with Crippen LogP contribution in [0.4, 0.5) is 32.0 Å². The van der Waals surface area contributed by atoms with E-state index in [-0.39, 0.29) is 24.8 Å². The fraction of sp³-hybridized carbons (Fsp3) is 0.333. The van der Waals surface area contributed by atoms with Gasteiger partial charge in [-0.2, -0.15) is 26.3 Å². The molecule has 1 N–H and O–H groups in total. The lowest BCUT2D eigenvalue weighted by Crippen LogP contribution is -2.34. The summed E-state index contributed by atoms with van der Waals surface area (Å²) in [6, 6.07) is 17.4. The minimum absolute atomic E-state index is 0.0233. The molecular formula is C36H31F6NO4. The first-order chi connectivity index (χ1) is 22.3. The van der Waals surface area contributed by atoms with Gasteiger partial charge in [-0.05, 0) is 78.3 Å². The quantitative estimate of drug-likeness (QED) is 0.120. The highest BCUT2D eigenvalue weighted by Gasteiger charge is 2.57. The van der Waals surface area contributed by atoms with Crippen molar-refractivity contribution in [3.8, 4) is 5.75 Å². The van der Waals surface area contributed by atoms with Gasteiger partial charge in [-0.25, -0.2) is 4.90 Å². The Bertz CT molecular complexity index is 1730. The molecule has 246 valence electrons. The van der Waals surface area contributed by atoms with E-state index in [1.165, 1.54) is 0 Å². The molecule has 3 aromatic rings. The van der Waals surface area contributed by atoms with E-state index in [0.29, 0.717) is 36.3 Å². The lowest BCUT2D eigenvalue weighted by atomic mass is 9.69. The molecule has 2 saturated heterocycles. The van der Waals surface area contributed by atoms with Crippen molar-refractivity contribution in [1.29, 1.82) is 0 Å². The number of imide groups is 1. The maximum atomic E-state index is 13.8. The first kappa shape index (κ1) is 32.6. The van der Waals surface area contributed by atoms with Crippen LogP contribution >= 0.6 is 0 Å². The summed E-state index contributed by atoms with van der Waals surface area (Å²) >= 11 is 0. The van der Waals surface area contributed by atoms with Crippen LogP contribution in [0.3, 0.4) is 0 Å². The van der Waals surface area contributed by atoms with Crippen molar-refractivity contribution in [2.24, 2.45) is 17.8 Å². The number of carbonyl (C=O) groups excluding carboxylic acids is 2. The van der Waals surface area contributed by atoms with Crippen molar-refractivity contribution in [2.75, 3.05) is 11.5 Å². The SMILES string of the molecule is CCC1=C2[C@@H](CC/C(=C/c3cccc(O)c3)c3ccccc3)OC[C@@H]2[C@@H]2C(=O)N(c3cc(C(F)(F)F)cc(C(F)(F)F)c3)C(=O)[C@@H]2C1. The number of phenolic OH excluding ortho intramolecular Hbond substituents is 1. The van der Waals surface area contributed by atoms with Crippen LogP contribution in [0, 0.1) is 17.8 Å². The largest absolute Gasteiger partial charge is 0.508 e. The molecule has 3 aromatic carbocycles. The number of rotatable bonds is 7. The Morgan fingerprint density at radius 2 is 1.57 bits per heavy atom. The van der Waals surface area contributed by atoms with Crippen molar-refractivity contribution in [2.45, 2.75) is 51.1 Å². The monoisotopic (exact) mass is 655 g/mol. The first-order valence-electron chi connectivity index (χ1n) is 15.3. The Kier molecular flexibility index (Phi) is 8.54. The molecule has 2 heterocycles. The first-order valence-corrected chi connectivity index (χ1v) is 15.3. The average molecular weight is 656 g/mol. The third-order valence-electron chi connectivity index (χ3n) is 9.30. The van der Waals surface area contributed by atoms with Crippen molar-refractivity contribution >= 4 is 29.2 Å². The van der Waals surface area contributed by atoms with E-state index >= 15 is 0 Å². The summed E-state index contributed by atoms with van der Waals surface area (Å²) in [7, 11) is 0. The van der Waals surface area contributed by atoms with Crippen LogP contribution in [0.25, 0.3) is 11.6 Å². The van der Waals surface area contributed by atoms with Crippen LogP contribution in [-0.4, -0.2) is 29.6 Å². The number of alkyl halides is 6. The summed E-state index contributed by atoms with van der Waals surface area (Å²) in [5, 5.41) is 9.98. The van der Waals surface area contributed by atoms with Gasteiger partial charge in [0, 0.05) is 5.92 Å². The second-order valence-corrected chi connectivity index (χ2v) is 12.1. The number of fused-ring (bicyclic) bond motifs is 3.